The maximum Gasteiger partial charge on any atom is 0.265 e. The van der Waals surface area contributed by atoms with Crippen molar-refractivity contribution in [2.75, 3.05) is 13.1 Å². The zero-order chi connectivity index (χ0) is 21.1. The summed E-state index contributed by atoms with van der Waals surface area (Å²) in [6.07, 6.45) is 2.43. The van der Waals surface area contributed by atoms with Crippen molar-refractivity contribution in [3.8, 4) is 10.6 Å². The van der Waals surface area contributed by atoms with Crippen LogP contribution in [0.3, 0.4) is 0 Å². The van der Waals surface area contributed by atoms with Crippen molar-refractivity contribution in [1.29, 1.82) is 0 Å². The zero-order valence-corrected chi connectivity index (χ0v) is 18.2. The number of amides is 1. The van der Waals surface area contributed by atoms with Gasteiger partial charge in [0.05, 0.1) is 5.69 Å². The van der Waals surface area contributed by atoms with Crippen LogP contribution in [0.5, 0.6) is 0 Å². The van der Waals surface area contributed by atoms with Gasteiger partial charge in [0.15, 0.2) is 5.78 Å². The van der Waals surface area contributed by atoms with Gasteiger partial charge in [-0.2, -0.15) is 0 Å². The molecule has 0 spiro atoms. The summed E-state index contributed by atoms with van der Waals surface area (Å²) in [6, 6.07) is 17.8. The summed E-state index contributed by atoms with van der Waals surface area (Å²) < 4.78 is 0. The van der Waals surface area contributed by atoms with Gasteiger partial charge in [-0.15, -0.1) is 11.3 Å². The first kappa shape index (κ1) is 20.5. The van der Waals surface area contributed by atoms with Gasteiger partial charge in [0, 0.05) is 30.1 Å². The number of carbonyl (C=O) groups excluding carboxylic acids is 2. The number of piperidine rings is 1. The highest BCUT2D eigenvalue weighted by Crippen LogP contribution is 2.30. The van der Waals surface area contributed by atoms with E-state index in [4.69, 9.17) is 0 Å². The van der Waals surface area contributed by atoms with Gasteiger partial charge in [0.1, 0.15) is 9.88 Å². The summed E-state index contributed by atoms with van der Waals surface area (Å²) in [6.45, 7) is 5.26. The third-order valence-electron chi connectivity index (χ3n) is 5.81. The molecule has 0 radical (unpaired) electrons. The summed E-state index contributed by atoms with van der Waals surface area (Å²) >= 11 is 1.46. The van der Waals surface area contributed by atoms with E-state index >= 15 is 0 Å². The van der Waals surface area contributed by atoms with Crippen molar-refractivity contribution >= 4 is 23.0 Å². The number of ketones is 1. The molecule has 2 heterocycles. The second-order valence-corrected chi connectivity index (χ2v) is 8.78. The van der Waals surface area contributed by atoms with Gasteiger partial charge in [-0.05, 0) is 31.7 Å². The first-order valence-electron chi connectivity index (χ1n) is 10.5. The molecule has 0 atom stereocenters. The number of nitrogens with zero attached hydrogens (tertiary/aromatic N) is 2. The first-order chi connectivity index (χ1) is 14.6. The Balaban J connectivity index is 1.43. The maximum atomic E-state index is 13.1. The second-order valence-electron chi connectivity index (χ2n) is 7.78. The van der Waals surface area contributed by atoms with Gasteiger partial charge in [0.2, 0.25) is 0 Å². The van der Waals surface area contributed by atoms with E-state index in [0.717, 1.165) is 28.2 Å². The fraction of sp³-hybridized carbons (Fsp3) is 0.320. The van der Waals surface area contributed by atoms with Crippen LogP contribution >= 0.6 is 11.3 Å². The van der Waals surface area contributed by atoms with Gasteiger partial charge in [0.25, 0.3) is 5.91 Å². The molecule has 4 rings (SSSR count). The minimum Gasteiger partial charge on any atom is -0.338 e. The molecule has 1 amide bonds. The van der Waals surface area contributed by atoms with Gasteiger partial charge in [-0.25, -0.2) is 4.98 Å². The molecular weight excluding hydrogens is 392 g/mol. The topological polar surface area (TPSA) is 50.3 Å². The third kappa shape index (κ3) is 4.21. The number of Topliss-reactive ketones (excluding diaryl/α,β-unsaturated/α-hetero) is 1. The van der Waals surface area contributed by atoms with E-state index in [1.165, 1.54) is 16.9 Å². The van der Waals surface area contributed by atoms with Gasteiger partial charge in [-0.3, -0.25) is 9.59 Å². The van der Waals surface area contributed by atoms with E-state index in [0.29, 0.717) is 30.8 Å². The van der Waals surface area contributed by atoms with E-state index in [1.807, 2.05) is 42.2 Å². The fourth-order valence-corrected chi connectivity index (χ4v) is 4.97. The largest absolute Gasteiger partial charge is 0.338 e. The SMILES string of the molecule is CCc1ccc(-c2nc(C)c(C(=O)N3CCC(C(=O)c4ccccc4)CC3)s2)cc1. The van der Waals surface area contributed by atoms with Gasteiger partial charge < -0.3 is 4.90 Å². The Bertz CT molecular complexity index is 1030. The molecule has 4 nitrogen and oxygen atoms in total. The van der Waals surface area contributed by atoms with Crippen molar-refractivity contribution in [1.82, 2.24) is 9.88 Å². The van der Waals surface area contributed by atoms with E-state index in [-0.39, 0.29) is 17.6 Å². The number of aromatic nitrogens is 1. The number of rotatable bonds is 5. The maximum absolute atomic E-state index is 13.1. The molecule has 2 aromatic carbocycles. The third-order valence-corrected chi connectivity index (χ3v) is 7.01. The Hall–Kier alpha value is -2.79. The van der Waals surface area contributed by atoms with Gasteiger partial charge >= 0.3 is 0 Å². The van der Waals surface area contributed by atoms with Crippen molar-refractivity contribution < 1.29 is 9.59 Å². The van der Waals surface area contributed by atoms with E-state index in [2.05, 4.69) is 36.2 Å². The molecular formula is C25H26N2O2S. The smallest absolute Gasteiger partial charge is 0.265 e. The van der Waals surface area contributed by atoms with E-state index in [1.54, 1.807) is 0 Å². The van der Waals surface area contributed by atoms with Crippen LogP contribution in [0.15, 0.2) is 54.6 Å². The highest BCUT2D eigenvalue weighted by molar-refractivity contribution is 7.17. The number of carbonyl (C=O) groups is 2. The molecule has 0 N–H and O–H groups in total. The molecule has 0 unspecified atom stereocenters. The lowest BCUT2D eigenvalue weighted by atomic mass is 9.89. The summed E-state index contributed by atoms with van der Waals surface area (Å²) in [4.78, 5) is 33.1. The lowest BCUT2D eigenvalue weighted by molar-refractivity contribution is 0.0653. The van der Waals surface area contributed by atoms with Crippen LogP contribution in [0.25, 0.3) is 10.6 Å². The lowest BCUT2D eigenvalue weighted by Crippen LogP contribution is -2.40. The first-order valence-corrected chi connectivity index (χ1v) is 11.3. The van der Waals surface area contributed by atoms with Gasteiger partial charge in [-0.1, -0.05) is 61.5 Å². The van der Waals surface area contributed by atoms with Crippen molar-refractivity contribution in [2.24, 2.45) is 5.92 Å². The summed E-state index contributed by atoms with van der Waals surface area (Å²) in [5, 5.41) is 0.882. The van der Waals surface area contributed by atoms with Crippen LogP contribution in [-0.4, -0.2) is 34.7 Å². The Morgan fingerprint density at radius 3 is 2.33 bits per heavy atom. The van der Waals surface area contributed by atoms with Crippen LogP contribution < -0.4 is 0 Å². The number of benzene rings is 2. The van der Waals surface area contributed by atoms with E-state index < -0.39 is 0 Å². The van der Waals surface area contributed by atoms with Crippen molar-refractivity contribution in [3.63, 3.8) is 0 Å². The molecule has 5 heteroatoms. The average Bonchev–Trinajstić information content (AvgIpc) is 3.20. The van der Waals surface area contributed by atoms with Crippen molar-refractivity contribution in [3.05, 3.63) is 76.3 Å². The molecule has 30 heavy (non-hydrogen) atoms. The van der Waals surface area contributed by atoms with Crippen LogP contribution in [0.1, 0.15) is 51.1 Å². The molecule has 1 aromatic heterocycles. The number of hydrogen-bond donors (Lipinski definition) is 0. The van der Waals surface area contributed by atoms with Crippen LogP contribution in [0, 0.1) is 12.8 Å². The van der Waals surface area contributed by atoms with Crippen LogP contribution in [0.4, 0.5) is 0 Å². The van der Waals surface area contributed by atoms with Crippen molar-refractivity contribution in [2.45, 2.75) is 33.1 Å². The Kier molecular flexibility index (Phi) is 6.09. The Labute approximate surface area is 181 Å². The number of hydrogen-bond acceptors (Lipinski definition) is 4. The fourth-order valence-electron chi connectivity index (χ4n) is 3.93. The number of aryl methyl sites for hydroxylation is 2. The average molecular weight is 419 g/mol. The number of thiazole rings is 1. The molecule has 0 saturated carbocycles. The highest BCUT2D eigenvalue weighted by Gasteiger charge is 2.30. The molecule has 3 aromatic rings. The minimum absolute atomic E-state index is 0.00773. The summed E-state index contributed by atoms with van der Waals surface area (Å²) in [7, 11) is 0. The molecule has 1 aliphatic heterocycles. The highest BCUT2D eigenvalue weighted by atomic mass is 32.1. The standard InChI is InChI=1S/C25H26N2O2S/c1-3-18-9-11-21(12-10-18)24-26-17(2)23(30-24)25(29)27-15-13-20(14-16-27)22(28)19-7-5-4-6-8-19/h4-12,20H,3,13-16H2,1-2H3. The predicted molar refractivity (Wildman–Crippen MR) is 121 cm³/mol. The second kappa shape index (κ2) is 8.92. The molecule has 1 aliphatic rings. The summed E-state index contributed by atoms with van der Waals surface area (Å²) in [5.41, 5.74) is 3.88. The lowest BCUT2D eigenvalue weighted by Gasteiger charge is -2.31. The Morgan fingerprint density at radius 2 is 1.70 bits per heavy atom. The minimum atomic E-state index is -0.00773. The van der Waals surface area contributed by atoms with E-state index in [9.17, 15) is 9.59 Å². The molecule has 1 fully saturated rings. The summed E-state index contributed by atoms with van der Waals surface area (Å²) in [5.74, 6) is 0.216. The predicted octanol–water partition coefficient (Wildman–Crippen LogP) is 5.42. The molecule has 154 valence electrons. The molecule has 0 aliphatic carbocycles. The normalized spacial score (nSPS) is 14.7. The monoisotopic (exact) mass is 418 g/mol. The zero-order valence-electron chi connectivity index (χ0n) is 17.4. The number of likely N-dealkylation sites (tertiary alicyclic amines) is 1. The quantitative estimate of drug-likeness (QED) is 0.520. The van der Waals surface area contributed by atoms with Crippen LogP contribution in [-0.2, 0) is 6.42 Å². The molecule has 1 saturated heterocycles. The molecule has 0 bridgehead atoms. The van der Waals surface area contributed by atoms with Crippen LogP contribution in [0.2, 0.25) is 0 Å². The Morgan fingerprint density at radius 1 is 1.03 bits per heavy atom.